The van der Waals surface area contributed by atoms with Crippen molar-refractivity contribution in [3.63, 3.8) is 0 Å². The maximum atomic E-state index is 12.4. The van der Waals surface area contributed by atoms with E-state index < -0.39 is 0 Å². The molecule has 0 N–H and O–H groups in total. The second-order valence-electron chi connectivity index (χ2n) is 7.30. The van der Waals surface area contributed by atoms with Crippen LogP contribution in [0.15, 0.2) is 48.8 Å². The van der Waals surface area contributed by atoms with Crippen LogP contribution >= 0.6 is 0 Å². The van der Waals surface area contributed by atoms with Gasteiger partial charge in [-0.15, -0.1) is 17.8 Å². The summed E-state index contributed by atoms with van der Waals surface area (Å²) in [4.78, 5) is 19.8. The minimum atomic E-state index is -0.334. The number of hydrogen-bond donors (Lipinski definition) is 0. The zero-order chi connectivity index (χ0) is 19.0. The van der Waals surface area contributed by atoms with E-state index in [1.54, 1.807) is 7.11 Å². The van der Waals surface area contributed by atoms with E-state index in [-0.39, 0.29) is 23.8 Å². The van der Waals surface area contributed by atoms with E-state index in [2.05, 4.69) is 29.7 Å². The summed E-state index contributed by atoms with van der Waals surface area (Å²) >= 11 is 0. The van der Waals surface area contributed by atoms with Gasteiger partial charge in [-0.2, -0.15) is 0 Å². The van der Waals surface area contributed by atoms with Crippen molar-refractivity contribution < 1.29 is 14.3 Å². The first-order valence-electron chi connectivity index (χ1n) is 9.39. The molecule has 2 aliphatic heterocycles. The lowest BCUT2D eigenvalue weighted by molar-refractivity contribution is -0.137. The molecule has 1 saturated heterocycles. The van der Waals surface area contributed by atoms with Gasteiger partial charge in [-0.1, -0.05) is 35.9 Å². The number of methoxy groups -OCH3 is 2. The van der Waals surface area contributed by atoms with Crippen molar-refractivity contribution in [1.82, 2.24) is 9.88 Å². The predicted molar refractivity (Wildman–Crippen MR) is 104 cm³/mol. The van der Waals surface area contributed by atoms with Crippen molar-refractivity contribution in [2.24, 2.45) is 11.8 Å². The highest BCUT2D eigenvalue weighted by molar-refractivity contribution is 5.89. The molecule has 1 fully saturated rings. The number of ether oxygens (including phenoxy) is 2. The molecule has 2 aliphatic rings. The number of fused-ring (bicyclic) bond motifs is 5. The van der Waals surface area contributed by atoms with E-state index in [0.29, 0.717) is 5.57 Å². The van der Waals surface area contributed by atoms with Gasteiger partial charge in [0.15, 0.2) is 0 Å². The SMILES string of the molecule is C=CC1CN2CCc3c([n-]c4ccccc34)C2CC1C(=COC)C(=O)OC. The summed E-state index contributed by atoms with van der Waals surface area (Å²) in [5, 5.41) is 1.26. The number of esters is 1. The van der Waals surface area contributed by atoms with E-state index in [1.807, 2.05) is 12.1 Å². The molecule has 0 amide bonds. The summed E-state index contributed by atoms with van der Waals surface area (Å²) in [6.45, 7) is 5.88. The topological polar surface area (TPSA) is 52.9 Å². The molecule has 3 atom stereocenters. The second-order valence-corrected chi connectivity index (χ2v) is 7.30. The molecule has 142 valence electrons. The standard InChI is InChI=1S/C22H25N2O3/c1-4-14-12-24-10-9-16-15-7-5-6-8-19(15)23-21(16)20(24)11-17(14)18(13-26-2)22(25)27-3/h4-8,13-14,17,20H,1,9-12H2,2-3H3/q-1. The monoisotopic (exact) mass is 365 g/mol. The highest BCUT2D eigenvalue weighted by atomic mass is 16.5. The van der Waals surface area contributed by atoms with Crippen LogP contribution < -0.4 is 4.98 Å². The lowest BCUT2D eigenvalue weighted by Gasteiger charge is -2.48. The Labute approximate surface area is 159 Å². The molecule has 5 heteroatoms. The Morgan fingerprint density at radius 2 is 2.15 bits per heavy atom. The molecule has 1 aromatic carbocycles. The maximum absolute atomic E-state index is 12.4. The molecular formula is C22H25N2O3-. The van der Waals surface area contributed by atoms with Gasteiger partial charge < -0.3 is 14.5 Å². The Kier molecular flexibility index (Phi) is 4.79. The first-order valence-corrected chi connectivity index (χ1v) is 9.39. The van der Waals surface area contributed by atoms with Crippen LogP contribution in [0.3, 0.4) is 0 Å². The minimum absolute atomic E-state index is 0.00177. The average Bonchev–Trinajstić information content (AvgIpc) is 3.09. The molecule has 3 heterocycles. The van der Waals surface area contributed by atoms with Crippen LogP contribution in [0.25, 0.3) is 10.9 Å². The Morgan fingerprint density at radius 3 is 2.89 bits per heavy atom. The largest absolute Gasteiger partial charge is 0.659 e. The van der Waals surface area contributed by atoms with E-state index in [1.165, 1.54) is 24.3 Å². The Bertz CT molecular complexity index is 898. The molecule has 0 bridgehead atoms. The normalized spacial score (nSPS) is 25.6. The number of carbonyl (C=O) groups is 1. The van der Waals surface area contributed by atoms with E-state index >= 15 is 0 Å². The van der Waals surface area contributed by atoms with Gasteiger partial charge in [0.2, 0.25) is 0 Å². The zero-order valence-electron chi connectivity index (χ0n) is 15.9. The highest BCUT2D eigenvalue weighted by Gasteiger charge is 2.40. The number of hydrogen-bond acceptors (Lipinski definition) is 4. The fourth-order valence-corrected chi connectivity index (χ4v) is 4.70. The number of benzene rings is 1. The van der Waals surface area contributed by atoms with Crippen molar-refractivity contribution in [3.05, 3.63) is 60.0 Å². The number of aromatic nitrogens is 1. The first-order chi connectivity index (χ1) is 13.2. The Morgan fingerprint density at radius 1 is 1.33 bits per heavy atom. The number of nitrogens with zero attached hydrogens (tertiary/aromatic N) is 2. The molecule has 1 aromatic heterocycles. The average molecular weight is 365 g/mol. The molecule has 3 unspecified atom stereocenters. The van der Waals surface area contributed by atoms with Crippen LogP contribution in [0.5, 0.6) is 0 Å². The molecule has 2 aromatic rings. The fraction of sp³-hybridized carbons (Fsp3) is 0.409. The molecule has 0 spiro atoms. The third-order valence-corrected chi connectivity index (χ3v) is 5.99. The van der Waals surface area contributed by atoms with Crippen LogP contribution in [-0.4, -0.2) is 38.2 Å². The number of para-hydroxylation sites is 1. The van der Waals surface area contributed by atoms with E-state index in [4.69, 9.17) is 14.5 Å². The summed E-state index contributed by atoms with van der Waals surface area (Å²) in [6.07, 6.45) is 5.30. The van der Waals surface area contributed by atoms with Crippen molar-refractivity contribution in [2.45, 2.75) is 18.9 Å². The molecule has 0 saturated carbocycles. The molecule has 5 nitrogen and oxygen atoms in total. The van der Waals surface area contributed by atoms with Gasteiger partial charge in [0.05, 0.1) is 26.1 Å². The first kappa shape index (κ1) is 17.9. The smallest absolute Gasteiger partial charge is 0.337 e. The van der Waals surface area contributed by atoms with Gasteiger partial charge in [-0.25, -0.2) is 4.79 Å². The molecule has 0 aliphatic carbocycles. The summed E-state index contributed by atoms with van der Waals surface area (Å²) in [6, 6.07) is 8.55. The van der Waals surface area contributed by atoms with Gasteiger partial charge in [0, 0.05) is 25.0 Å². The van der Waals surface area contributed by atoms with Gasteiger partial charge in [-0.3, -0.25) is 4.90 Å². The van der Waals surface area contributed by atoms with Crippen molar-refractivity contribution >= 4 is 16.9 Å². The Hall–Kier alpha value is -2.53. The van der Waals surface area contributed by atoms with Crippen LogP contribution in [0.2, 0.25) is 0 Å². The van der Waals surface area contributed by atoms with Crippen molar-refractivity contribution in [1.29, 1.82) is 0 Å². The summed E-state index contributed by atoms with van der Waals surface area (Å²) in [7, 11) is 2.97. The second kappa shape index (κ2) is 7.24. The molecule has 4 rings (SSSR count). The number of carbonyl (C=O) groups excluding carboxylic acids is 1. The van der Waals surface area contributed by atoms with Crippen molar-refractivity contribution in [3.8, 4) is 0 Å². The lowest BCUT2D eigenvalue weighted by Crippen LogP contribution is -2.46. The van der Waals surface area contributed by atoms with Crippen LogP contribution in [-0.2, 0) is 20.7 Å². The number of rotatable bonds is 4. The van der Waals surface area contributed by atoms with Gasteiger partial charge in [-0.05, 0) is 24.1 Å². The summed E-state index contributed by atoms with van der Waals surface area (Å²) < 4.78 is 10.2. The van der Waals surface area contributed by atoms with Crippen molar-refractivity contribution in [2.75, 3.05) is 27.3 Å². The maximum Gasteiger partial charge on any atom is 0.337 e. The molecule has 0 radical (unpaired) electrons. The molecular weight excluding hydrogens is 340 g/mol. The van der Waals surface area contributed by atoms with Crippen LogP contribution in [0.1, 0.15) is 23.7 Å². The van der Waals surface area contributed by atoms with Gasteiger partial charge in [0.25, 0.3) is 0 Å². The van der Waals surface area contributed by atoms with Crippen LogP contribution in [0.4, 0.5) is 0 Å². The lowest BCUT2D eigenvalue weighted by atomic mass is 9.75. The van der Waals surface area contributed by atoms with Crippen LogP contribution in [0, 0.1) is 11.8 Å². The Balaban J connectivity index is 1.74. The highest BCUT2D eigenvalue weighted by Crippen LogP contribution is 2.45. The zero-order valence-corrected chi connectivity index (χ0v) is 15.9. The summed E-state index contributed by atoms with van der Waals surface area (Å²) in [5.41, 5.74) is 4.16. The fourth-order valence-electron chi connectivity index (χ4n) is 4.70. The third kappa shape index (κ3) is 2.96. The predicted octanol–water partition coefficient (Wildman–Crippen LogP) is 3.22. The van der Waals surface area contributed by atoms with Gasteiger partial charge in [0.1, 0.15) is 0 Å². The van der Waals surface area contributed by atoms with E-state index in [0.717, 1.165) is 37.1 Å². The summed E-state index contributed by atoms with van der Waals surface area (Å²) in [5.74, 6) is -0.159. The minimum Gasteiger partial charge on any atom is -0.659 e. The molecule has 27 heavy (non-hydrogen) atoms. The number of piperidine rings is 1. The van der Waals surface area contributed by atoms with E-state index in [9.17, 15) is 4.79 Å². The quantitative estimate of drug-likeness (QED) is 0.360. The third-order valence-electron chi connectivity index (χ3n) is 5.99. The van der Waals surface area contributed by atoms with Gasteiger partial charge >= 0.3 is 5.97 Å².